The van der Waals surface area contributed by atoms with Gasteiger partial charge in [0.15, 0.2) is 5.76 Å². The highest BCUT2D eigenvalue weighted by atomic mass is 32.2. The number of nitrogens with one attached hydrogen (secondary N) is 2. The standard InChI is InChI=1S/C22H17F3N4O4S/c23-22(24,25)14-26-34(31,32)17-10-8-15(9-11-17)27-21(30)19-13-18(20-7-4-12-33-20)28-29(19)16-5-2-1-3-6-16/h1-13,26H,14H2,(H,27,30). The molecule has 0 aliphatic rings. The summed E-state index contributed by atoms with van der Waals surface area (Å²) in [4.78, 5) is 12.7. The number of amides is 1. The number of sulfonamides is 1. The van der Waals surface area contributed by atoms with Gasteiger partial charge in [0.25, 0.3) is 5.91 Å². The molecule has 2 aromatic heterocycles. The Balaban J connectivity index is 1.57. The Morgan fingerprint density at radius 2 is 1.71 bits per heavy atom. The Labute approximate surface area is 192 Å². The lowest BCUT2D eigenvalue weighted by Gasteiger charge is -2.11. The van der Waals surface area contributed by atoms with Crippen molar-refractivity contribution in [2.24, 2.45) is 0 Å². The molecule has 2 aromatic carbocycles. The maximum absolute atomic E-state index is 13.0. The lowest BCUT2D eigenvalue weighted by molar-refractivity contribution is -0.121. The number of nitrogens with zero attached hydrogens (tertiary/aromatic N) is 2. The van der Waals surface area contributed by atoms with E-state index in [-0.39, 0.29) is 16.3 Å². The summed E-state index contributed by atoms with van der Waals surface area (Å²) in [6.45, 7) is -1.69. The summed E-state index contributed by atoms with van der Waals surface area (Å²) < 4.78 is 69.3. The number of benzene rings is 2. The quantitative estimate of drug-likeness (QED) is 0.403. The molecule has 4 rings (SSSR count). The molecule has 0 bridgehead atoms. The molecule has 1 amide bonds. The Morgan fingerprint density at radius 1 is 1.00 bits per heavy atom. The predicted molar refractivity (Wildman–Crippen MR) is 117 cm³/mol. The molecule has 0 radical (unpaired) electrons. The Hall–Kier alpha value is -3.90. The van der Waals surface area contributed by atoms with E-state index in [1.807, 2.05) is 6.07 Å². The van der Waals surface area contributed by atoms with E-state index >= 15 is 0 Å². The van der Waals surface area contributed by atoms with Crippen molar-refractivity contribution in [1.29, 1.82) is 0 Å². The van der Waals surface area contributed by atoms with Crippen LogP contribution < -0.4 is 10.0 Å². The number of aromatic nitrogens is 2. The number of para-hydroxylation sites is 1. The fourth-order valence-electron chi connectivity index (χ4n) is 3.03. The van der Waals surface area contributed by atoms with Gasteiger partial charge in [-0.3, -0.25) is 4.79 Å². The van der Waals surface area contributed by atoms with E-state index in [4.69, 9.17) is 4.42 Å². The molecule has 0 fully saturated rings. The maximum atomic E-state index is 13.0. The highest BCUT2D eigenvalue weighted by molar-refractivity contribution is 7.89. The van der Waals surface area contributed by atoms with Gasteiger partial charge in [0.05, 0.1) is 16.8 Å². The van der Waals surface area contributed by atoms with Gasteiger partial charge in [-0.25, -0.2) is 17.8 Å². The number of hydrogen-bond donors (Lipinski definition) is 2. The van der Waals surface area contributed by atoms with E-state index in [1.165, 1.54) is 27.8 Å². The number of hydrogen-bond acceptors (Lipinski definition) is 5. The van der Waals surface area contributed by atoms with Crippen molar-refractivity contribution in [3.05, 3.63) is 84.8 Å². The topological polar surface area (TPSA) is 106 Å². The van der Waals surface area contributed by atoms with Crippen molar-refractivity contribution in [1.82, 2.24) is 14.5 Å². The van der Waals surface area contributed by atoms with Crippen LogP contribution in [0.3, 0.4) is 0 Å². The molecular weight excluding hydrogens is 473 g/mol. The molecular formula is C22H17F3N4O4S. The largest absolute Gasteiger partial charge is 0.463 e. The minimum Gasteiger partial charge on any atom is -0.463 e. The second kappa shape index (κ2) is 9.15. The van der Waals surface area contributed by atoms with E-state index in [9.17, 15) is 26.4 Å². The van der Waals surface area contributed by atoms with Crippen molar-refractivity contribution >= 4 is 21.6 Å². The number of anilines is 1. The van der Waals surface area contributed by atoms with Gasteiger partial charge in [-0.2, -0.15) is 18.3 Å². The van der Waals surface area contributed by atoms with Crippen molar-refractivity contribution in [2.45, 2.75) is 11.1 Å². The van der Waals surface area contributed by atoms with Gasteiger partial charge >= 0.3 is 6.18 Å². The SMILES string of the molecule is O=C(Nc1ccc(S(=O)(=O)NCC(F)(F)F)cc1)c1cc(-c2ccco2)nn1-c1ccccc1. The number of carbonyl (C=O) groups excluding carboxylic acids is 1. The van der Waals surface area contributed by atoms with Crippen LogP contribution in [0.15, 0.2) is 88.4 Å². The van der Waals surface area contributed by atoms with Gasteiger partial charge in [-0.05, 0) is 48.5 Å². The first kappa shape index (κ1) is 23.3. The minimum absolute atomic E-state index is 0.182. The normalized spacial score (nSPS) is 12.0. The molecule has 0 saturated carbocycles. The van der Waals surface area contributed by atoms with Crippen LogP contribution in [0, 0.1) is 0 Å². The van der Waals surface area contributed by atoms with Gasteiger partial charge in [0.2, 0.25) is 10.0 Å². The summed E-state index contributed by atoms with van der Waals surface area (Å²) in [6, 6.07) is 18.6. The fourth-order valence-corrected chi connectivity index (χ4v) is 4.04. The van der Waals surface area contributed by atoms with Gasteiger partial charge < -0.3 is 9.73 Å². The van der Waals surface area contributed by atoms with E-state index in [1.54, 1.807) is 42.5 Å². The highest BCUT2D eigenvalue weighted by Crippen LogP contribution is 2.23. The third-order valence-corrected chi connectivity index (χ3v) is 6.02. The van der Waals surface area contributed by atoms with Crippen LogP contribution in [0.4, 0.5) is 18.9 Å². The van der Waals surface area contributed by atoms with Crippen LogP contribution in [0.5, 0.6) is 0 Å². The van der Waals surface area contributed by atoms with Gasteiger partial charge in [0.1, 0.15) is 17.9 Å². The highest BCUT2D eigenvalue weighted by Gasteiger charge is 2.30. The van der Waals surface area contributed by atoms with Crippen molar-refractivity contribution < 1.29 is 30.8 Å². The zero-order valence-corrected chi connectivity index (χ0v) is 18.1. The summed E-state index contributed by atoms with van der Waals surface area (Å²) in [5, 5.41) is 7.09. The summed E-state index contributed by atoms with van der Waals surface area (Å²) in [5.74, 6) is -0.0791. The van der Waals surface area contributed by atoms with E-state index in [0.29, 0.717) is 17.1 Å². The molecule has 8 nitrogen and oxygen atoms in total. The van der Waals surface area contributed by atoms with Crippen LogP contribution in [-0.2, 0) is 10.0 Å². The van der Waals surface area contributed by atoms with Gasteiger partial charge in [-0.15, -0.1) is 0 Å². The second-order valence-corrected chi connectivity index (χ2v) is 8.82. The summed E-state index contributed by atoms with van der Waals surface area (Å²) in [5.41, 5.74) is 1.47. The maximum Gasteiger partial charge on any atom is 0.402 e. The number of halogens is 3. The van der Waals surface area contributed by atoms with E-state index < -0.39 is 28.7 Å². The van der Waals surface area contributed by atoms with Gasteiger partial charge in [-0.1, -0.05) is 18.2 Å². The number of furan rings is 1. The van der Waals surface area contributed by atoms with E-state index in [0.717, 1.165) is 12.1 Å². The summed E-state index contributed by atoms with van der Waals surface area (Å²) in [7, 11) is -4.36. The Kier molecular flexibility index (Phi) is 6.26. The predicted octanol–water partition coefficient (Wildman–Crippen LogP) is 4.23. The van der Waals surface area contributed by atoms with Crippen molar-refractivity contribution in [3.63, 3.8) is 0 Å². The Morgan fingerprint density at radius 3 is 2.32 bits per heavy atom. The zero-order chi connectivity index (χ0) is 24.3. The molecule has 0 spiro atoms. The lowest BCUT2D eigenvalue weighted by Crippen LogP contribution is -2.33. The molecule has 12 heteroatoms. The minimum atomic E-state index is -4.68. The first-order chi connectivity index (χ1) is 16.1. The van der Waals surface area contributed by atoms with Crippen LogP contribution in [-0.4, -0.2) is 36.8 Å². The molecule has 0 unspecified atom stereocenters. The number of rotatable bonds is 7. The molecule has 0 saturated heterocycles. The third-order valence-electron chi connectivity index (χ3n) is 4.60. The van der Waals surface area contributed by atoms with Crippen LogP contribution in [0.1, 0.15) is 10.5 Å². The molecule has 0 aliphatic carbocycles. The smallest absolute Gasteiger partial charge is 0.402 e. The lowest BCUT2D eigenvalue weighted by atomic mass is 10.2. The monoisotopic (exact) mass is 490 g/mol. The average Bonchev–Trinajstić information content (AvgIpc) is 3.49. The molecule has 2 heterocycles. The van der Waals surface area contributed by atoms with Crippen LogP contribution in [0.25, 0.3) is 17.1 Å². The molecule has 34 heavy (non-hydrogen) atoms. The summed E-state index contributed by atoms with van der Waals surface area (Å²) in [6.07, 6.45) is -3.20. The van der Waals surface area contributed by atoms with Crippen LogP contribution in [0.2, 0.25) is 0 Å². The first-order valence-corrected chi connectivity index (χ1v) is 11.3. The average molecular weight is 490 g/mol. The van der Waals surface area contributed by atoms with Crippen molar-refractivity contribution in [3.8, 4) is 17.1 Å². The number of alkyl halides is 3. The van der Waals surface area contributed by atoms with Gasteiger partial charge in [0, 0.05) is 11.8 Å². The molecule has 176 valence electrons. The number of carbonyl (C=O) groups is 1. The third kappa shape index (κ3) is 5.35. The second-order valence-electron chi connectivity index (χ2n) is 7.06. The fraction of sp³-hybridized carbons (Fsp3) is 0.0909. The molecule has 2 N–H and O–H groups in total. The molecule has 0 atom stereocenters. The summed E-state index contributed by atoms with van der Waals surface area (Å²) >= 11 is 0. The zero-order valence-electron chi connectivity index (χ0n) is 17.3. The molecule has 0 aliphatic heterocycles. The first-order valence-electron chi connectivity index (χ1n) is 9.80. The molecule has 4 aromatic rings. The Bertz CT molecular complexity index is 1380. The van der Waals surface area contributed by atoms with Crippen molar-refractivity contribution in [2.75, 3.05) is 11.9 Å². The van der Waals surface area contributed by atoms with E-state index in [2.05, 4.69) is 10.4 Å². The van der Waals surface area contributed by atoms with Crippen LogP contribution >= 0.6 is 0 Å².